The molecule has 0 spiro atoms. The van der Waals surface area contributed by atoms with Gasteiger partial charge in [0.2, 0.25) is 5.91 Å². The van der Waals surface area contributed by atoms with Gasteiger partial charge in [0.15, 0.2) is 11.0 Å². The molecule has 9 heteroatoms. The molecule has 1 amide bonds. The minimum atomic E-state index is -0.426. The molecule has 0 aliphatic heterocycles. The Morgan fingerprint density at radius 3 is 2.79 bits per heavy atom. The zero-order valence-corrected chi connectivity index (χ0v) is 20.9. The van der Waals surface area contributed by atoms with Gasteiger partial charge in [0, 0.05) is 17.5 Å². The molecule has 1 aliphatic carbocycles. The Balaban J connectivity index is 1.52. The summed E-state index contributed by atoms with van der Waals surface area (Å²) in [4.78, 5) is 27.0. The molecule has 174 valence electrons. The fraction of sp³-hybridized carbons (Fsp3) is 0.417. The van der Waals surface area contributed by atoms with E-state index in [1.54, 1.807) is 6.92 Å². The molecule has 1 N–H and O–H groups in total. The Kier molecular flexibility index (Phi) is 7.19. The van der Waals surface area contributed by atoms with Gasteiger partial charge in [-0.05, 0) is 44.6 Å². The Hall–Kier alpha value is -2.65. The molecule has 2 aromatic heterocycles. The van der Waals surface area contributed by atoms with Crippen LogP contribution >= 0.6 is 23.1 Å². The molecular formula is C24H28N4O3S2. The van der Waals surface area contributed by atoms with E-state index in [1.807, 2.05) is 48.9 Å². The van der Waals surface area contributed by atoms with Crippen molar-refractivity contribution in [3.8, 4) is 11.4 Å². The number of fused-ring (bicyclic) bond motifs is 1. The molecule has 0 radical (unpaired) electrons. The molecule has 2 atom stereocenters. The number of benzene rings is 1. The van der Waals surface area contributed by atoms with E-state index in [2.05, 4.69) is 22.4 Å². The number of ether oxygens (including phenoxy) is 1. The molecule has 4 rings (SSSR count). The summed E-state index contributed by atoms with van der Waals surface area (Å²) in [6.07, 6.45) is 2.79. The zero-order chi connectivity index (χ0) is 23.5. The van der Waals surface area contributed by atoms with Crippen molar-refractivity contribution < 1.29 is 14.3 Å². The van der Waals surface area contributed by atoms with Gasteiger partial charge in [0.05, 0.1) is 17.4 Å². The van der Waals surface area contributed by atoms with Crippen molar-refractivity contribution in [2.75, 3.05) is 11.9 Å². The first-order valence-corrected chi connectivity index (χ1v) is 12.8. The molecule has 0 bridgehead atoms. The van der Waals surface area contributed by atoms with Crippen LogP contribution in [0.1, 0.15) is 48.0 Å². The molecule has 2 unspecified atom stereocenters. The smallest absolute Gasteiger partial charge is 0.341 e. The van der Waals surface area contributed by atoms with Crippen LogP contribution in [0.25, 0.3) is 11.4 Å². The Labute approximate surface area is 201 Å². The number of hydrogen-bond acceptors (Lipinski definition) is 7. The van der Waals surface area contributed by atoms with E-state index in [4.69, 9.17) is 4.74 Å². The summed E-state index contributed by atoms with van der Waals surface area (Å²) in [6.45, 7) is 6.14. The number of nitrogens with one attached hydrogen (secondary N) is 1. The van der Waals surface area contributed by atoms with Crippen LogP contribution in [0, 0.1) is 5.92 Å². The van der Waals surface area contributed by atoms with Gasteiger partial charge >= 0.3 is 5.97 Å². The highest BCUT2D eigenvalue weighted by Crippen LogP contribution is 2.40. The zero-order valence-electron chi connectivity index (χ0n) is 19.3. The summed E-state index contributed by atoms with van der Waals surface area (Å²) in [5.74, 6) is 0.775. The number of carbonyl (C=O) groups is 2. The predicted molar refractivity (Wildman–Crippen MR) is 132 cm³/mol. The second-order valence-electron chi connectivity index (χ2n) is 8.26. The number of amides is 1. The van der Waals surface area contributed by atoms with Crippen molar-refractivity contribution in [3.05, 3.63) is 46.3 Å². The van der Waals surface area contributed by atoms with E-state index in [0.29, 0.717) is 28.2 Å². The monoisotopic (exact) mass is 484 g/mol. The van der Waals surface area contributed by atoms with Crippen LogP contribution < -0.4 is 5.32 Å². The number of esters is 1. The van der Waals surface area contributed by atoms with E-state index in [-0.39, 0.29) is 11.9 Å². The molecular weight excluding hydrogens is 456 g/mol. The molecule has 7 nitrogen and oxygen atoms in total. The number of anilines is 1. The third-order valence-corrected chi connectivity index (χ3v) is 8.05. The lowest BCUT2D eigenvalue weighted by Crippen LogP contribution is -2.24. The standard InChI is InChI=1S/C24H28N4O3S2/c1-5-31-23(30)19-17-12-11-14(2)13-18(17)33-22(19)25-21(29)15(3)32-24-27-26-20(28(24)4)16-9-7-6-8-10-16/h6-10,14-15H,5,11-13H2,1-4H3,(H,25,29). The highest BCUT2D eigenvalue weighted by molar-refractivity contribution is 8.00. The summed E-state index contributed by atoms with van der Waals surface area (Å²) in [5.41, 5.74) is 2.53. The Morgan fingerprint density at radius 1 is 1.30 bits per heavy atom. The van der Waals surface area contributed by atoms with Gasteiger partial charge in [0.25, 0.3) is 0 Å². The summed E-state index contributed by atoms with van der Waals surface area (Å²) in [6, 6.07) is 9.82. The average molecular weight is 485 g/mol. The maximum atomic E-state index is 13.1. The number of aromatic nitrogens is 3. The quantitative estimate of drug-likeness (QED) is 0.377. The predicted octanol–water partition coefficient (Wildman–Crippen LogP) is 4.96. The number of hydrogen-bond donors (Lipinski definition) is 1. The second kappa shape index (κ2) is 10.1. The SMILES string of the molecule is CCOC(=O)c1c(NC(=O)C(C)Sc2nnc(-c3ccccc3)n2C)sc2c1CCC(C)C2. The van der Waals surface area contributed by atoms with Gasteiger partial charge in [0.1, 0.15) is 5.00 Å². The van der Waals surface area contributed by atoms with Gasteiger partial charge in [-0.2, -0.15) is 0 Å². The number of carbonyl (C=O) groups excluding carboxylic acids is 2. The largest absolute Gasteiger partial charge is 0.462 e. The number of rotatable bonds is 7. The highest BCUT2D eigenvalue weighted by Gasteiger charge is 2.30. The lowest BCUT2D eigenvalue weighted by molar-refractivity contribution is -0.115. The first-order valence-electron chi connectivity index (χ1n) is 11.1. The third kappa shape index (κ3) is 4.99. The summed E-state index contributed by atoms with van der Waals surface area (Å²) < 4.78 is 7.20. The van der Waals surface area contributed by atoms with Crippen LogP contribution in [0.5, 0.6) is 0 Å². The molecule has 1 aromatic carbocycles. The number of thiophene rings is 1. The van der Waals surface area contributed by atoms with Crippen molar-refractivity contribution in [2.45, 2.75) is 50.4 Å². The minimum Gasteiger partial charge on any atom is -0.462 e. The van der Waals surface area contributed by atoms with Gasteiger partial charge in [-0.15, -0.1) is 21.5 Å². The van der Waals surface area contributed by atoms with Crippen molar-refractivity contribution >= 4 is 40.0 Å². The molecule has 0 saturated carbocycles. The van der Waals surface area contributed by atoms with Gasteiger partial charge in [-0.25, -0.2) is 4.79 Å². The van der Waals surface area contributed by atoms with E-state index < -0.39 is 5.25 Å². The third-order valence-electron chi connectivity index (χ3n) is 5.75. The van der Waals surface area contributed by atoms with E-state index in [9.17, 15) is 9.59 Å². The van der Waals surface area contributed by atoms with Crippen molar-refractivity contribution in [2.24, 2.45) is 13.0 Å². The lowest BCUT2D eigenvalue weighted by atomic mass is 9.88. The van der Waals surface area contributed by atoms with Crippen LogP contribution in [-0.4, -0.2) is 38.5 Å². The van der Waals surface area contributed by atoms with Gasteiger partial charge in [-0.1, -0.05) is 49.0 Å². The average Bonchev–Trinajstić information content (AvgIpc) is 3.33. The highest BCUT2D eigenvalue weighted by atomic mass is 32.2. The van der Waals surface area contributed by atoms with Crippen LogP contribution in [0.3, 0.4) is 0 Å². The van der Waals surface area contributed by atoms with Crippen LogP contribution in [-0.2, 0) is 29.4 Å². The van der Waals surface area contributed by atoms with E-state index >= 15 is 0 Å². The minimum absolute atomic E-state index is 0.179. The number of nitrogens with zero attached hydrogens (tertiary/aromatic N) is 3. The maximum Gasteiger partial charge on any atom is 0.341 e. The van der Waals surface area contributed by atoms with Gasteiger partial charge < -0.3 is 14.6 Å². The number of thioether (sulfide) groups is 1. The lowest BCUT2D eigenvalue weighted by Gasteiger charge is -2.18. The molecule has 33 heavy (non-hydrogen) atoms. The Bertz CT molecular complexity index is 1160. The molecule has 2 heterocycles. The van der Waals surface area contributed by atoms with Crippen LogP contribution in [0.15, 0.2) is 35.5 Å². The summed E-state index contributed by atoms with van der Waals surface area (Å²) >= 11 is 2.84. The topological polar surface area (TPSA) is 86.1 Å². The van der Waals surface area contributed by atoms with Crippen molar-refractivity contribution in [1.29, 1.82) is 0 Å². The van der Waals surface area contributed by atoms with Crippen LogP contribution in [0.2, 0.25) is 0 Å². The first-order chi connectivity index (χ1) is 15.9. The molecule has 0 saturated heterocycles. The second-order valence-corrected chi connectivity index (χ2v) is 10.7. The molecule has 3 aromatic rings. The van der Waals surface area contributed by atoms with Crippen LogP contribution in [0.4, 0.5) is 5.00 Å². The van der Waals surface area contributed by atoms with Gasteiger partial charge in [-0.3, -0.25) is 4.79 Å². The molecule has 0 fully saturated rings. The van der Waals surface area contributed by atoms with E-state index in [0.717, 1.165) is 36.2 Å². The van der Waals surface area contributed by atoms with E-state index in [1.165, 1.54) is 28.0 Å². The first kappa shape index (κ1) is 23.5. The van der Waals surface area contributed by atoms with Crippen molar-refractivity contribution in [3.63, 3.8) is 0 Å². The summed E-state index contributed by atoms with van der Waals surface area (Å²) in [5, 5.41) is 12.4. The fourth-order valence-corrected chi connectivity index (χ4v) is 6.16. The molecule has 1 aliphatic rings. The Morgan fingerprint density at radius 2 is 2.06 bits per heavy atom. The van der Waals surface area contributed by atoms with Crippen molar-refractivity contribution in [1.82, 2.24) is 14.8 Å². The maximum absolute atomic E-state index is 13.1. The fourth-order valence-electron chi connectivity index (χ4n) is 3.94. The normalized spacial score (nSPS) is 16.2. The summed E-state index contributed by atoms with van der Waals surface area (Å²) in [7, 11) is 1.89.